The topological polar surface area (TPSA) is 20.2 Å². The van der Waals surface area contributed by atoms with Gasteiger partial charge in [0.25, 0.3) is 0 Å². The van der Waals surface area contributed by atoms with Crippen molar-refractivity contribution in [3.8, 4) is 0 Å². The lowest BCUT2D eigenvalue weighted by Gasteiger charge is -2.28. The highest BCUT2D eigenvalue weighted by Crippen LogP contribution is 2.28. The molecule has 0 spiro atoms. The molecule has 1 fully saturated rings. The van der Waals surface area contributed by atoms with E-state index in [4.69, 9.17) is 0 Å². The normalized spacial score (nSPS) is 45.0. The largest absolute Gasteiger partial charge is 0.393 e. The minimum atomic E-state index is -0.00352. The van der Waals surface area contributed by atoms with E-state index in [9.17, 15) is 5.11 Å². The summed E-state index contributed by atoms with van der Waals surface area (Å²) in [5, 5.41) is 9.20. The maximum absolute atomic E-state index is 9.20. The van der Waals surface area contributed by atoms with Crippen molar-refractivity contribution in [3.63, 3.8) is 0 Å². The SMILES string of the molecule is C[C@@H]1CC[C@@H](O)C[C@H]1C. The van der Waals surface area contributed by atoms with Gasteiger partial charge in [0.2, 0.25) is 0 Å². The van der Waals surface area contributed by atoms with Gasteiger partial charge >= 0.3 is 0 Å². The van der Waals surface area contributed by atoms with Crippen LogP contribution in [-0.4, -0.2) is 11.2 Å². The summed E-state index contributed by atoms with van der Waals surface area (Å²) in [7, 11) is 0. The molecule has 0 amide bonds. The molecule has 0 heterocycles. The highest BCUT2D eigenvalue weighted by Gasteiger charge is 2.22. The van der Waals surface area contributed by atoms with Gasteiger partial charge in [-0.15, -0.1) is 0 Å². The summed E-state index contributed by atoms with van der Waals surface area (Å²) in [6, 6.07) is 0. The first-order chi connectivity index (χ1) is 4.20. The average Bonchev–Trinajstić information content (AvgIpc) is 1.80. The summed E-state index contributed by atoms with van der Waals surface area (Å²) in [4.78, 5) is 0. The van der Waals surface area contributed by atoms with E-state index in [2.05, 4.69) is 13.8 Å². The van der Waals surface area contributed by atoms with Gasteiger partial charge < -0.3 is 5.11 Å². The van der Waals surface area contributed by atoms with Crippen molar-refractivity contribution in [2.75, 3.05) is 0 Å². The van der Waals surface area contributed by atoms with Gasteiger partial charge in [0.15, 0.2) is 0 Å². The molecule has 1 nitrogen and oxygen atoms in total. The summed E-state index contributed by atoms with van der Waals surface area (Å²) >= 11 is 0. The maximum atomic E-state index is 9.20. The smallest absolute Gasteiger partial charge is 0.0543 e. The van der Waals surface area contributed by atoms with Crippen LogP contribution < -0.4 is 0 Å². The fourth-order valence-corrected chi connectivity index (χ4v) is 1.52. The lowest BCUT2D eigenvalue weighted by Crippen LogP contribution is -2.23. The first-order valence-corrected chi connectivity index (χ1v) is 3.88. The molecule has 1 aliphatic carbocycles. The molecule has 3 atom stereocenters. The highest BCUT2D eigenvalue weighted by molar-refractivity contribution is 4.73. The van der Waals surface area contributed by atoms with Crippen LogP contribution in [0.15, 0.2) is 0 Å². The van der Waals surface area contributed by atoms with Gasteiger partial charge in [-0.25, -0.2) is 0 Å². The van der Waals surface area contributed by atoms with E-state index in [-0.39, 0.29) is 6.10 Å². The third-order valence-electron chi connectivity index (χ3n) is 2.57. The highest BCUT2D eigenvalue weighted by atomic mass is 16.3. The Bertz CT molecular complexity index is 90.6. The third-order valence-corrected chi connectivity index (χ3v) is 2.57. The first-order valence-electron chi connectivity index (χ1n) is 3.88. The first kappa shape index (κ1) is 7.07. The van der Waals surface area contributed by atoms with Crippen LogP contribution in [0.2, 0.25) is 0 Å². The van der Waals surface area contributed by atoms with Gasteiger partial charge in [-0.3, -0.25) is 0 Å². The zero-order chi connectivity index (χ0) is 6.85. The second kappa shape index (κ2) is 2.70. The number of hydrogen-bond acceptors (Lipinski definition) is 1. The third kappa shape index (κ3) is 1.68. The minimum Gasteiger partial charge on any atom is -0.393 e. The molecule has 1 N–H and O–H groups in total. The molecule has 1 heteroatoms. The summed E-state index contributed by atoms with van der Waals surface area (Å²) < 4.78 is 0. The lowest BCUT2D eigenvalue weighted by molar-refractivity contribution is 0.0807. The molecule has 0 radical (unpaired) electrons. The maximum Gasteiger partial charge on any atom is 0.0543 e. The van der Waals surface area contributed by atoms with Gasteiger partial charge in [0.1, 0.15) is 0 Å². The van der Waals surface area contributed by atoms with E-state index in [0.717, 1.165) is 24.7 Å². The van der Waals surface area contributed by atoms with Crippen LogP contribution >= 0.6 is 0 Å². The number of hydrogen-bond donors (Lipinski definition) is 1. The van der Waals surface area contributed by atoms with Crippen LogP contribution in [0, 0.1) is 11.8 Å². The Morgan fingerprint density at radius 3 is 2.22 bits per heavy atom. The lowest BCUT2D eigenvalue weighted by atomic mass is 9.80. The molecule has 1 saturated carbocycles. The molecule has 9 heavy (non-hydrogen) atoms. The fraction of sp³-hybridized carbons (Fsp3) is 1.00. The quantitative estimate of drug-likeness (QED) is 0.527. The van der Waals surface area contributed by atoms with Gasteiger partial charge in [0.05, 0.1) is 6.10 Å². The van der Waals surface area contributed by atoms with Crippen molar-refractivity contribution in [2.24, 2.45) is 11.8 Å². The number of rotatable bonds is 0. The Morgan fingerprint density at radius 2 is 1.78 bits per heavy atom. The van der Waals surface area contributed by atoms with E-state index in [0.29, 0.717) is 0 Å². The van der Waals surface area contributed by atoms with Crippen molar-refractivity contribution < 1.29 is 5.11 Å². The molecule has 0 aromatic rings. The van der Waals surface area contributed by atoms with Crippen LogP contribution in [0.25, 0.3) is 0 Å². The van der Waals surface area contributed by atoms with Crippen molar-refractivity contribution in [1.82, 2.24) is 0 Å². The second-order valence-electron chi connectivity index (χ2n) is 3.42. The predicted molar refractivity (Wildman–Crippen MR) is 38.2 cm³/mol. The Labute approximate surface area is 57.1 Å². The Morgan fingerprint density at radius 1 is 1.11 bits per heavy atom. The van der Waals surface area contributed by atoms with Crippen LogP contribution in [-0.2, 0) is 0 Å². The predicted octanol–water partition coefficient (Wildman–Crippen LogP) is 1.80. The number of aliphatic hydroxyl groups excluding tert-OH is 1. The fourth-order valence-electron chi connectivity index (χ4n) is 1.52. The molecular formula is C8H16O. The molecular weight excluding hydrogens is 112 g/mol. The summed E-state index contributed by atoms with van der Waals surface area (Å²) in [5.74, 6) is 1.56. The minimum absolute atomic E-state index is 0.00352. The molecule has 1 rings (SSSR count). The molecule has 0 aliphatic heterocycles. The van der Waals surface area contributed by atoms with E-state index >= 15 is 0 Å². The molecule has 54 valence electrons. The molecule has 1 aliphatic rings. The Hall–Kier alpha value is -0.0400. The number of aliphatic hydroxyl groups is 1. The average molecular weight is 128 g/mol. The van der Waals surface area contributed by atoms with E-state index in [1.165, 1.54) is 6.42 Å². The molecule has 0 bridgehead atoms. The molecule has 0 saturated heterocycles. The summed E-state index contributed by atoms with van der Waals surface area (Å²) in [6.45, 7) is 4.50. The summed E-state index contributed by atoms with van der Waals surface area (Å²) in [6.07, 6.45) is 3.24. The molecule has 0 aromatic carbocycles. The van der Waals surface area contributed by atoms with Gasteiger partial charge in [-0.1, -0.05) is 13.8 Å². The Kier molecular flexibility index (Phi) is 2.12. The summed E-state index contributed by atoms with van der Waals surface area (Å²) in [5.41, 5.74) is 0. The van der Waals surface area contributed by atoms with Crippen molar-refractivity contribution in [2.45, 2.75) is 39.2 Å². The van der Waals surface area contributed by atoms with Crippen LogP contribution in [0.5, 0.6) is 0 Å². The van der Waals surface area contributed by atoms with Gasteiger partial charge in [-0.2, -0.15) is 0 Å². The Balaban J connectivity index is 2.35. The van der Waals surface area contributed by atoms with Gasteiger partial charge in [0, 0.05) is 0 Å². The van der Waals surface area contributed by atoms with Gasteiger partial charge in [-0.05, 0) is 31.1 Å². The molecule has 0 unspecified atom stereocenters. The second-order valence-corrected chi connectivity index (χ2v) is 3.42. The van der Waals surface area contributed by atoms with E-state index in [1.807, 2.05) is 0 Å². The van der Waals surface area contributed by atoms with Crippen molar-refractivity contribution in [3.05, 3.63) is 0 Å². The molecule has 0 aromatic heterocycles. The standard InChI is InChI=1S/C8H16O/c1-6-3-4-8(9)5-7(6)2/h6-9H,3-5H2,1-2H3/t6-,7-,8-/m1/s1. The zero-order valence-electron chi connectivity index (χ0n) is 6.30. The van der Waals surface area contributed by atoms with E-state index < -0.39 is 0 Å². The zero-order valence-corrected chi connectivity index (χ0v) is 6.30. The van der Waals surface area contributed by atoms with Crippen molar-refractivity contribution >= 4 is 0 Å². The van der Waals surface area contributed by atoms with E-state index in [1.54, 1.807) is 0 Å². The van der Waals surface area contributed by atoms with Crippen LogP contribution in [0.1, 0.15) is 33.1 Å². The van der Waals surface area contributed by atoms with Crippen LogP contribution in [0.3, 0.4) is 0 Å². The monoisotopic (exact) mass is 128 g/mol. The van der Waals surface area contributed by atoms with Crippen molar-refractivity contribution in [1.29, 1.82) is 0 Å². The van der Waals surface area contributed by atoms with Crippen LogP contribution in [0.4, 0.5) is 0 Å².